The summed E-state index contributed by atoms with van der Waals surface area (Å²) in [6.45, 7) is 3.67. The highest BCUT2D eigenvalue weighted by molar-refractivity contribution is 7.91. The molecule has 0 aliphatic rings. The summed E-state index contributed by atoms with van der Waals surface area (Å²) in [5.41, 5.74) is 9.33. The van der Waals surface area contributed by atoms with Crippen LogP contribution in [0.5, 0.6) is 0 Å². The molecule has 3 N–H and O–H groups in total. The Kier molecular flexibility index (Phi) is 5.20. The third kappa shape index (κ3) is 3.99. The predicted molar refractivity (Wildman–Crippen MR) is 119 cm³/mol. The number of carbonyl (C=O) groups excluding carboxylic acids is 1. The first kappa shape index (κ1) is 20.5. The Labute approximate surface area is 179 Å². The molecular formula is C22H21N3O5S. The molecule has 0 aliphatic heterocycles. The van der Waals surface area contributed by atoms with Crippen molar-refractivity contribution in [3.63, 3.8) is 0 Å². The van der Waals surface area contributed by atoms with Crippen molar-refractivity contribution in [3.8, 4) is 11.1 Å². The van der Waals surface area contributed by atoms with Gasteiger partial charge in [0, 0.05) is 34.6 Å². The van der Waals surface area contributed by atoms with Gasteiger partial charge < -0.3 is 14.9 Å². The van der Waals surface area contributed by atoms with E-state index in [1.54, 1.807) is 50.2 Å². The zero-order valence-corrected chi connectivity index (χ0v) is 17.8. The van der Waals surface area contributed by atoms with Crippen LogP contribution in [-0.2, 0) is 14.9 Å². The minimum absolute atomic E-state index is 0.107. The number of esters is 1. The number of aryl methyl sites for hydroxylation is 1. The average Bonchev–Trinajstić information content (AvgIpc) is 3.35. The second-order valence-corrected chi connectivity index (χ2v) is 8.52. The molecule has 0 saturated carbocycles. The molecule has 4 aromatic rings. The maximum Gasteiger partial charge on any atom is 0.374 e. The molecule has 0 atom stereocenters. The first-order chi connectivity index (χ1) is 14.8. The molecule has 0 spiro atoms. The summed E-state index contributed by atoms with van der Waals surface area (Å²) in [6.07, 6.45) is 2.99. The third-order valence-corrected chi connectivity index (χ3v) is 6.11. The van der Waals surface area contributed by atoms with E-state index in [0.29, 0.717) is 27.9 Å². The molecule has 0 bridgehead atoms. The van der Waals surface area contributed by atoms with Crippen LogP contribution >= 0.6 is 0 Å². The molecule has 31 heavy (non-hydrogen) atoms. The van der Waals surface area contributed by atoms with Gasteiger partial charge in [-0.3, -0.25) is 4.72 Å². The van der Waals surface area contributed by atoms with Crippen LogP contribution in [0.3, 0.4) is 0 Å². The highest BCUT2D eigenvalue weighted by Crippen LogP contribution is 2.29. The van der Waals surface area contributed by atoms with E-state index < -0.39 is 16.2 Å². The summed E-state index contributed by atoms with van der Waals surface area (Å²) >= 11 is 0. The van der Waals surface area contributed by atoms with Gasteiger partial charge in [0.15, 0.2) is 0 Å². The summed E-state index contributed by atoms with van der Waals surface area (Å²) in [5, 5.41) is 0.623. The van der Waals surface area contributed by atoms with Crippen LogP contribution in [-0.4, -0.2) is 25.0 Å². The van der Waals surface area contributed by atoms with Crippen LogP contribution in [0.15, 0.2) is 65.3 Å². The van der Waals surface area contributed by atoms with Crippen molar-refractivity contribution < 1.29 is 22.4 Å². The lowest BCUT2D eigenvalue weighted by Crippen LogP contribution is -2.20. The first-order valence-corrected chi connectivity index (χ1v) is 11.0. The zero-order valence-electron chi connectivity index (χ0n) is 17.0. The summed E-state index contributed by atoms with van der Waals surface area (Å²) in [7, 11) is -3.89. The van der Waals surface area contributed by atoms with Crippen molar-refractivity contribution in [2.24, 2.45) is 0 Å². The van der Waals surface area contributed by atoms with Gasteiger partial charge in [-0.05, 0) is 55.8 Å². The van der Waals surface area contributed by atoms with Gasteiger partial charge in [0.05, 0.1) is 12.3 Å². The number of hydrogen-bond donors (Lipinski definition) is 2. The van der Waals surface area contributed by atoms with E-state index in [4.69, 9.17) is 14.9 Å². The van der Waals surface area contributed by atoms with Crippen LogP contribution in [0.4, 0.5) is 11.4 Å². The van der Waals surface area contributed by atoms with Crippen molar-refractivity contribution in [1.82, 2.24) is 3.97 Å². The molecular weight excluding hydrogens is 418 g/mol. The number of furan rings is 1. The first-order valence-electron chi connectivity index (χ1n) is 9.56. The minimum atomic E-state index is -3.89. The van der Waals surface area contributed by atoms with Gasteiger partial charge >= 0.3 is 16.2 Å². The summed E-state index contributed by atoms with van der Waals surface area (Å²) < 4.78 is 39.9. The Bertz CT molecular complexity index is 1370. The number of nitrogens with two attached hydrogens (primary N) is 1. The Morgan fingerprint density at radius 3 is 2.58 bits per heavy atom. The highest BCUT2D eigenvalue weighted by Gasteiger charge is 2.20. The van der Waals surface area contributed by atoms with E-state index in [2.05, 4.69) is 4.72 Å². The number of carbonyl (C=O) groups is 1. The number of nitrogen functional groups attached to an aromatic ring is 1. The van der Waals surface area contributed by atoms with E-state index in [9.17, 15) is 13.2 Å². The number of hydrogen-bond acceptors (Lipinski definition) is 6. The molecule has 0 radical (unpaired) electrons. The van der Waals surface area contributed by atoms with Gasteiger partial charge in [-0.1, -0.05) is 12.1 Å². The van der Waals surface area contributed by atoms with Crippen LogP contribution < -0.4 is 10.5 Å². The average molecular weight is 439 g/mol. The predicted octanol–water partition coefficient (Wildman–Crippen LogP) is 4.17. The van der Waals surface area contributed by atoms with E-state index in [-0.39, 0.29) is 12.4 Å². The van der Waals surface area contributed by atoms with E-state index in [1.807, 2.05) is 12.1 Å². The molecule has 9 heteroatoms. The lowest BCUT2D eigenvalue weighted by atomic mass is 10.1. The fraction of sp³-hybridized carbons (Fsp3) is 0.136. The largest absolute Gasteiger partial charge is 0.460 e. The van der Waals surface area contributed by atoms with Crippen LogP contribution in [0.1, 0.15) is 23.0 Å². The maximum absolute atomic E-state index is 12.9. The summed E-state index contributed by atoms with van der Waals surface area (Å²) in [4.78, 5) is 12.0. The molecule has 0 saturated heterocycles. The SMILES string of the molecule is CCOC(=O)c1oc2ccc(NS(=O)(=O)n3ccc(-c4ccc(N)cc4)c3)cc2c1C. The number of aromatic nitrogens is 1. The molecule has 0 amide bonds. The fourth-order valence-electron chi connectivity index (χ4n) is 3.25. The quantitative estimate of drug-likeness (QED) is 0.344. The highest BCUT2D eigenvalue weighted by atomic mass is 32.2. The van der Waals surface area contributed by atoms with Gasteiger partial charge in [-0.2, -0.15) is 8.42 Å². The number of anilines is 2. The smallest absolute Gasteiger partial charge is 0.374 e. The van der Waals surface area contributed by atoms with Gasteiger partial charge in [0.25, 0.3) is 0 Å². The number of nitrogens with one attached hydrogen (secondary N) is 1. The molecule has 0 aliphatic carbocycles. The lowest BCUT2D eigenvalue weighted by Gasteiger charge is -2.09. The maximum atomic E-state index is 12.9. The monoisotopic (exact) mass is 439 g/mol. The van der Waals surface area contributed by atoms with Crippen molar-refractivity contribution >= 4 is 38.5 Å². The van der Waals surface area contributed by atoms with Crippen LogP contribution in [0, 0.1) is 6.92 Å². The Hall–Kier alpha value is -3.72. The number of ether oxygens (including phenoxy) is 1. The number of fused-ring (bicyclic) bond motifs is 1. The molecule has 2 aromatic carbocycles. The normalized spacial score (nSPS) is 11.5. The third-order valence-electron chi connectivity index (χ3n) is 4.83. The van der Waals surface area contributed by atoms with Crippen LogP contribution in [0.2, 0.25) is 0 Å². The Morgan fingerprint density at radius 1 is 1.13 bits per heavy atom. The van der Waals surface area contributed by atoms with E-state index >= 15 is 0 Å². The van der Waals surface area contributed by atoms with Gasteiger partial charge in [-0.15, -0.1) is 0 Å². The number of rotatable bonds is 6. The molecule has 2 heterocycles. The summed E-state index contributed by atoms with van der Waals surface area (Å²) in [5.74, 6) is -0.448. The van der Waals surface area contributed by atoms with Crippen molar-refractivity contribution in [1.29, 1.82) is 0 Å². The van der Waals surface area contributed by atoms with Gasteiger partial charge in [-0.25, -0.2) is 8.77 Å². The molecule has 160 valence electrons. The van der Waals surface area contributed by atoms with Gasteiger partial charge in [0.1, 0.15) is 5.58 Å². The van der Waals surface area contributed by atoms with Crippen molar-refractivity contribution in [2.45, 2.75) is 13.8 Å². The Morgan fingerprint density at radius 2 is 1.87 bits per heavy atom. The molecule has 0 fully saturated rings. The number of benzene rings is 2. The second kappa shape index (κ2) is 7.84. The van der Waals surface area contributed by atoms with Crippen LogP contribution in [0.25, 0.3) is 22.1 Å². The minimum Gasteiger partial charge on any atom is -0.460 e. The Balaban J connectivity index is 1.61. The molecule has 2 aromatic heterocycles. The van der Waals surface area contributed by atoms with Gasteiger partial charge in [0.2, 0.25) is 5.76 Å². The lowest BCUT2D eigenvalue weighted by molar-refractivity contribution is 0.0491. The topological polar surface area (TPSA) is 117 Å². The zero-order chi connectivity index (χ0) is 22.2. The number of nitrogens with zero attached hydrogens (tertiary/aromatic N) is 1. The molecule has 0 unspecified atom stereocenters. The fourth-order valence-corrected chi connectivity index (χ4v) is 4.25. The van der Waals surface area contributed by atoms with E-state index in [0.717, 1.165) is 15.1 Å². The molecule has 8 nitrogen and oxygen atoms in total. The second-order valence-electron chi connectivity index (χ2n) is 6.95. The van der Waals surface area contributed by atoms with E-state index in [1.165, 1.54) is 12.4 Å². The van der Waals surface area contributed by atoms with Crippen molar-refractivity contribution in [3.05, 3.63) is 72.2 Å². The van der Waals surface area contributed by atoms with Crippen molar-refractivity contribution in [2.75, 3.05) is 17.1 Å². The standard InChI is InChI=1S/C22H21N3O5S/c1-3-29-22(26)21-14(2)19-12-18(8-9-20(19)30-21)24-31(27,28)25-11-10-16(13-25)15-4-6-17(23)7-5-15/h4-13,24H,3,23H2,1-2H3. The molecule has 4 rings (SSSR count). The summed E-state index contributed by atoms with van der Waals surface area (Å²) in [6, 6.07) is 13.7.